The van der Waals surface area contributed by atoms with Crippen LogP contribution in [-0.2, 0) is 0 Å². The van der Waals surface area contributed by atoms with Crippen molar-refractivity contribution in [1.82, 2.24) is 9.88 Å². The fraction of sp³-hybridized carbons (Fsp3) is 0.562. The summed E-state index contributed by atoms with van der Waals surface area (Å²) in [6.07, 6.45) is 12.1. The topological polar surface area (TPSA) is 25.4 Å². The monoisotopic (exact) mass is 258 g/mol. The van der Waals surface area contributed by atoms with Gasteiger partial charge in [-0.05, 0) is 56.3 Å². The molecule has 0 radical (unpaired) electrons. The zero-order chi connectivity index (χ0) is 13.1. The minimum atomic E-state index is 0.682. The van der Waals surface area contributed by atoms with Crippen LogP contribution in [-0.4, -0.2) is 36.6 Å². The Morgan fingerprint density at radius 1 is 1.37 bits per heavy atom. The third-order valence-electron chi connectivity index (χ3n) is 3.91. The first-order chi connectivity index (χ1) is 9.29. The second-order valence-corrected chi connectivity index (χ2v) is 5.88. The van der Waals surface area contributed by atoms with Crippen LogP contribution >= 0.6 is 0 Å². The molecule has 1 saturated heterocycles. The zero-order valence-corrected chi connectivity index (χ0v) is 11.6. The molecule has 2 fully saturated rings. The van der Waals surface area contributed by atoms with Crippen molar-refractivity contribution in [2.75, 3.05) is 26.7 Å². The average molecular weight is 258 g/mol. The van der Waals surface area contributed by atoms with Gasteiger partial charge in [0.2, 0.25) is 0 Å². The highest BCUT2D eigenvalue weighted by molar-refractivity contribution is 5.50. The van der Waals surface area contributed by atoms with Crippen LogP contribution < -0.4 is 4.74 Å². The molecule has 1 aromatic rings. The van der Waals surface area contributed by atoms with Gasteiger partial charge >= 0.3 is 0 Å². The number of rotatable bonds is 5. The molecule has 0 unspecified atom stereocenters. The Morgan fingerprint density at radius 2 is 2.26 bits per heavy atom. The maximum absolute atomic E-state index is 5.75. The van der Waals surface area contributed by atoms with E-state index >= 15 is 0 Å². The van der Waals surface area contributed by atoms with Gasteiger partial charge in [-0.15, -0.1) is 0 Å². The normalized spacial score (nSPS) is 24.2. The van der Waals surface area contributed by atoms with Crippen molar-refractivity contribution < 1.29 is 4.74 Å². The SMILES string of the molecule is CN1CC[C@@H](/C=C/c2cncc(OCC3CC3)c2)C1. The molecule has 3 heteroatoms. The molecular formula is C16H22N2O. The van der Waals surface area contributed by atoms with E-state index in [0.29, 0.717) is 5.92 Å². The van der Waals surface area contributed by atoms with Gasteiger partial charge in [-0.3, -0.25) is 4.98 Å². The summed E-state index contributed by atoms with van der Waals surface area (Å²) < 4.78 is 5.75. The minimum absolute atomic E-state index is 0.682. The van der Waals surface area contributed by atoms with E-state index in [1.54, 1.807) is 0 Å². The maximum Gasteiger partial charge on any atom is 0.138 e. The Balaban J connectivity index is 1.57. The fourth-order valence-corrected chi connectivity index (χ4v) is 2.48. The predicted molar refractivity (Wildman–Crippen MR) is 77.1 cm³/mol. The second kappa shape index (κ2) is 5.74. The minimum Gasteiger partial charge on any atom is -0.492 e. The number of aromatic nitrogens is 1. The van der Waals surface area contributed by atoms with Crippen LogP contribution in [0.2, 0.25) is 0 Å². The molecule has 102 valence electrons. The lowest BCUT2D eigenvalue weighted by Crippen LogP contribution is -2.13. The Kier molecular flexibility index (Phi) is 3.83. The number of hydrogen-bond donors (Lipinski definition) is 0. The van der Waals surface area contributed by atoms with Gasteiger partial charge in [0.05, 0.1) is 12.8 Å². The first-order valence-electron chi connectivity index (χ1n) is 7.24. The molecule has 2 heterocycles. The van der Waals surface area contributed by atoms with Crippen molar-refractivity contribution in [2.24, 2.45) is 11.8 Å². The molecule has 0 bridgehead atoms. The highest BCUT2D eigenvalue weighted by Gasteiger charge is 2.21. The number of likely N-dealkylation sites (tertiary alicyclic amines) is 1. The molecule has 1 aromatic heterocycles. The first kappa shape index (κ1) is 12.7. The molecule has 1 aliphatic carbocycles. The number of pyridine rings is 1. The van der Waals surface area contributed by atoms with Crippen molar-refractivity contribution >= 4 is 6.08 Å². The molecule has 0 aromatic carbocycles. The van der Waals surface area contributed by atoms with Gasteiger partial charge in [-0.1, -0.05) is 12.2 Å². The van der Waals surface area contributed by atoms with E-state index in [9.17, 15) is 0 Å². The standard InChI is InChI=1S/C16H22N2O/c1-18-7-6-13(11-18)2-5-15-8-16(10-17-9-15)19-12-14-3-4-14/h2,5,8-10,13-14H,3-4,6-7,11-12H2,1H3/b5-2+/t13-/m1/s1. The first-order valence-corrected chi connectivity index (χ1v) is 7.24. The Labute approximate surface area is 115 Å². The third kappa shape index (κ3) is 3.80. The van der Waals surface area contributed by atoms with Gasteiger partial charge in [0.15, 0.2) is 0 Å². The Morgan fingerprint density at radius 3 is 3.00 bits per heavy atom. The van der Waals surface area contributed by atoms with E-state index in [1.165, 1.54) is 32.4 Å². The fourth-order valence-electron chi connectivity index (χ4n) is 2.48. The van der Waals surface area contributed by atoms with Crippen LogP contribution in [0, 0.1) is 11.8 Å². The highest BCUT2D eigenvalue weighted by Crippen LogP contribution is 2.29. The van der Waals surface area contributed by atoms with Crippen LogP contribution in [0.15, 0.2) is 24.5 Å². The lowest BCUT2D eigenvalue weighted by molar-refractivity contribution is 0.298. The van der Waals surface area contributed by atoms with Gasteiger partial charge < -0.3 is 9.64 Å². The average Bonchev–Trinajstić information content (AvgIpc) is 3.16. The summed E-state index contributed by atoms with van der Waals surface area (Å²) in [5, 5.41) is 0. The van der Waals surface area contributed by atoms with E-state index in [1.807, 2.05) is 12.4 Å². The van der Waals surface area contributed by atoms with E-state index in [-0.39, 0.29) is 0 Å². The molecule has 1 saturated carbocycles. The molecule has 0 N–H and O–H groups in total. The van der Waals surface area contributed by atoms with Gasteiger partial charge in [-0.25, -0.2) is 0 Å². The van der Waals surface area contributed by atoms with Crippen molar-refractivity contribution in [3.8, 4) is 5.75 Å². The molecule has 1 aliphatic heterocycles. The van der Waals surface area contributed by atoms with Crippen molar-refractivity contribution in [1.29, 1.82) is 0 Å². The molecule has 1 atom stereocenters. The summed E-state index contributed by atoms with van der Waals surface area (Å²) in [5.41, 5.74) is 1.14. The molecule has 2 aliphatic rings. The largest absolute Gasteiger partial charge is 0.492 e. The molecule has 3 nitrogen and oxygen atoms in total. The quantitative estimate of drug-likeness (QED) is 0.812. The number of nitrogens with zero attached hydrogens (tertiary/aromatic N) is 2. The summed E-state index contributed by atoms with van der Waals surface area (Å²) in [5.74, 6) is 2.37. The van der Waals surface area contributed by atoms with Crippen LogP contribution in [0.5, 0.6) is 5.75 Å². The molecule has 3 rings (SSSR count). The van der Waals surface area contributed by atoms with E-state index in [4.69, 9.17) is 4.74 Å². The van der Waals surface area contributed by atoms with Gasteiger partial charge in [0, 0.05) is 12.7 Å². The van der Waals surface area contributed by atoms with Crippen LogP contribution in [0.25, 0.3) is 6.08 Å². The summed E-state index contributed by atoms with van der Waals surface area (Å²) in [7, 11) is 2.18. The van der Waals surface area contributed by atoms with Crippen LogP contribution in [0.1, 0.15) is 24.8 Å². The summed E-state index contributed by atoms with van der Waals surface area (Å²) in [6, 6.07) is 2.09. The Hall–Kier alpha value is -1.35. The highest BCUT2D eigenvalue weighted by atomic mass is 16.5. The predicted octanol–water partition coefficient (Wildman–Crippen LogP) is 2.84. The molecule has 19 heavy (non-hydrogen) atoms. The number of ether oxygens (including phenoxy) is 1. The maximum atomic E-state index is 5.75. The van der Waals surface area contributed by atoms with E-state index in [2.05, 4.69) is 35.1 Å². The van der Waals surface area contributed by atoms with Crippen LogP contribution in [0.4, 0.5) is 0 Å². The second-order valence-electron chi connectivity index (χ2n) is 5.88. The van der Waals surface area contributed by atoms with E-state index in [0.717, 1.165) is 23.8 Å². The summed E-state index contributed by atoms with van der Waals surface area (Å²) in [4.78, 5) is 6.63. The van der Waals surface area contributed by atoms with Crippen molar-refractivity contribution in [3.05, 3.63) is 30.1 Å². The molecule has 0 amide bonds. The summed E-state index contributed by atoms with van der Waals surface area (Å²) in [6.45, 7) is 3.22. The molecular weight excluding hydrogens is 236 g/mol. The van der Waals surface area contributed by atoms with Crippen molar-refractivity contribution in [2.45, 2.75) is 19.3 Å². The van der Waals surface area contributed by atoms with Crippen molar-refractivity contribution in [3.63, 3.8) is 0 Å². The number of hydrogen-bond acceptors (Lipinski definition) is 3. The molecule has 0 spiro atoms. The third-order valence-corrected chi connectivity index (χ3v) is 3.91. The smallest absolute Gasteiger partial charge is 0.138 e. The lowest BCUT2D eigenvalue weighted by atomic mass is 10.1. The lowest BCUT2D eigenvalue weighted by Gasteiger charge is -2.06. The summed E-state index contributed by atoms with van der Waals surface area (Å²) >= 11 is 0. The Bertz CT molecular complexity index is 454. The van der Waals surface area contributed by atoms with E-state index < -0.39 is 0 Å². The van der Waals surface area contributed by atoms with Gasteiger partial charge in [0.1, 0.15) is 5.75 Å². The van der Waals surface area contributed by atoms with Gasteiger partial charge in [0.25, 0.3) is 0 Å². The van der Waals surface area contributed by atoms with Gasteiger partial charge in [-0.2, -0.15) is 0 Å². The zero-order valence-electron chi connectivity index (χ0n) is 11.6. The van der Waals surface area contributed by atoms with Crippen LogP contribution in [0.3, 0.4) is 0 Å².